The Morgan fingerprint density at radius 1 is 1.55 bits per heavy atom. The van der Waals surface area contributed by atoms with E-state index in [0.717, 1.165) is 12.8 Å². The van der Waals surface area contributed by atoms with Gasteiger partial charge in [-0.3, -0.25) is 4.79 Å². The number of hydrogen-bond donors (Lipinski definition) is 0. The Bertz CT molecular complexity index is 195. The lowest BCUT2D eigenvalue weighted by Crippen LogP contribution is -2.21. The Balaban J connectivity index is 2.11. The van der Waals surface area contributed by atoms with E-state index in [0.29, 0.717) is 23.5 Å². The summed E-state index contributed by atoms with van der Waals surface area (Å²) in [4.78, 5) is 11.5. The van der Waals surface area contributed by atoms with Crippen molar-refractivity contribution in [2.24, 2.45) is 17.8 Å². The van der Waals surface area contributed by atoms with Crippen LogP contribution in [0.3, 0.4) is 0 Å². The second kappa shape index (κ2) is 2.47. The van der Waals surface area contributed by atoms with Crippen LogP contribution in [0.15, 0.2) is 12.7 Å². The number of carbonyl (C=O) groups is 1. The zero-order valence-electron chi connectivity index (χ0n) is 6.75. The minimum Gasteiger partial charge on any atom is -0.299 e. The molecule has 11 heavy (non-hydrogen) atoms. The van der Waals surface area contributed by atoms with Gasteiger partial charge in [0.2, 0.25) is 0 Å². The maximum atomic E-state index is 11.5. The van der Waals surface area contributed by atoms with Crippen molar-refractivity contribution < 1.29 is 4.79 Å². The van der Waals surface area contributed by atoms with Crippen LogP contribution in [0.5, 0.6) is 0 Å². The van der Waals surface area contributed by atoms with E-state index >= 15 is 0 Å². The van der Waals surface area contributed by atoms with Gasteiger partial charge in [0.25, 0.3) is 0 Å². The lowest BCUT2D eigenvalue weighted by molar-refractivity contribution is -0.125. The molecule has 0 spiro atoms. The van der Waals surface area contributed by atoms with Gasteiger partial charge in [-0.1, -0.05) is 6.08 Å². The van der Waals surface area contributed by atoms with Gasteiger partial charge in [0.05, 0.1) is 0 Å². The number of hydrogen-bond acceptors (Lipinski definition) is 1. The molecule has 0 aromatic carbocycles. The highest BCUT2D eigenvalue weighted by Gasteiger charge is 2.45. The average Bonchev–Trinajstić information content (AvgIpc) is 2.54. The molecule has 0 aliphatic heterocycles. The highest BCUT2D eigenvalue weighted by Crippen LogP contribution is 2.47. The highest BCUT2D eigenvalue weighted by atomic mass is 16.1. The Labute approximate surface area is 67.5 Å². The Morgan fingerprint density at radius 3 is 2.91 bits per heavy atom. The van der Waals surface area contributed by atoms with E-state index in [1.165, 1.54) is 12.8 Å². The van der Waals surface area contributed by atoms with Crippen molar-refractivity contribution in [3.63, 3.8) is 0 Å². The van der Waals surface area contributed by atoms with E-state index in [4.69, 9.17) is 0 Å². The number of ketones is 1. The molecule has 2 bridgehead atoms. The highest BCUT2D eigenvalue weighted by molar-refractivity contribution is 5.86. The monoisotopic (exact) mass is 150 g/mol. The molecule has 1 nitrogen and oxygen atoms in total. The molecule has 2 fully saturated rings. The summed E-state index contributed by atoms with van der Waals surface area (Å²) in [5, 5.41) is 0. The number of carbonyl (C=O) groups excluding carboxylic acids is 1. The fourth-order valence-electron chi connectivity index (χ4n) is 2.66. The van der Waals surface area contributed by atoms with Crippen molar-refractivity contribution in [2.75, 3.05) is 0 Å². The zero-order valence-corrected chi connectivity index (χ0v) is 6.75. The molecule has 0 aromatic rings. The van der Waals surface area contributed by atoms with Crippen LogP contribution < -0.4 is 0 Å². The van der Waals surface area contributed by atoms with Gasteiger partial charge < -0.3 is 0 Å². The minimum absolute atomic E-state index is 0.353. The van der Waals surface area contributed by atoms with Gasteiger partial charge in [-0.25, -0.2) is 0 Å². The van der Waals surface area contributed by atoms with Gasteiger partial charge in [0, 0.05) is 11.8 Å². The lowest BCUT2D eigenvalue weighted by atomic mass is 9.85. The van der Waals surface area contributed by atoms with E-state index in [9.17, 15) is 4.79 Å². The normalized spacial score (nSPS) is 41.5. The molecule has 0 unspecified atom stereocenters. The largest absolute Gasteiger partial charge is 0.299 e. The summed E-state index contributed by atoms with van der Waals surface area (Å²) in [6.45, 7) is 3.69. The first-order valence-corrected chi connectivity index (χ1v) is 4.47. The van der Waals surface area contributed by atoms with Crippen LogP contribution >= 0.6 is 0 Å². The summed E-state index contributed by atoms with van der Waals surface area (Å²) in [6.07, 6.45) is 6.44. The summed E-state index contributed by atoms with van der Waals surface area (Å²) in [6, 6.07) is 0. The Morgan fingerprint density at radius 2 is 2.36 bits per heavy atom. The van der Waals surface area contributed by atoms with Crippen LogP contribution in [0.4, 0.5) is 0 Å². The van der Waals surface area contributed by atoms with Crippen LogP contribution in [0.1, 0.15) is 25.7 Å². The molecule has 0 N–H and O–H groups in total. The first-order valence-electron chi connectivity index (χ1n) is 4.47. The number of allylic oxidation sites excluding steroid dienone is 1. The molecule has 0 aromatic heterocycles. The van der Waals surface area contributed by atoms with Crippen molar-refractivity contribution in [1.29, 1.82) is 0 Å². The van der Waals surface area contributed by atoms with Crippen LogP contribution in [-0.4, -0.2) is 5.78 Å². The predicted octanol–water partition coefficient (Wildman–Crippen LogP) is 2.18. The summed E-state index contributed by atoms with van der Waals surface area (Å²) in [5.74, 6) is 2.03. The summed E-state index contributed by atoms with van der Waals surface area (Å²) in [7, 11) is 0. The van der Waals surface area contributed by atoms with E-state index in [-0.39, 0.29) is 0 Å². The second-order valence-corrected chi connectivity index (χ2v) is 3.80. The standard InChI is InChI=1S/C10H14O/c1-2-3-9-7-4-5-8(6-7)10(9)11/h2,7-9H,1,3-6H2/t7-,8-,9+/m0/s1. The number of rotatable bonds is 2. The minimum atomic E-state index is 0.353. The molecule has 0 amide bonds. The van der Waals surface area contributed by atoms with Crippen LogP contribution in [0, 0.1) is 17.8 Å². The topological polar surface area (TPSA) is 17.1 Å². The summed E-state index contributed by atoms with van der Waals surface area (Å²) >= 11 is 0. The summed E-state index contributed by atoms with van der Waals surface area (Å²) in [5.41, 5.74) is 0. The SMILES string of the molecule is C=CC[C@H]1C(=O)[C@H]2CC[C@H]1C2. The van der Waals surface area contributed by atoms with Gasteiger partial charge in [0.1, 0.15) is 5.78 Å². The first kappa shape index (κ1) is 7.08. The maximum absolute atomic E-state index is 11.5. The molecular formula is C10H14O. The van der Waals surface area contributed by atoms with E-state index < -0.39 is 0 Å². The molecule has 2 rings (SSSR count). The second-order valence-electron chi connectivity index (χ2n) is 3.80. The lowest BCUT2D eigenvalue weighted by Gasteiger charge is -2.18. The molecule has 2 aliphatic rings. The molecule has 0 heterocycles. The van der Waals surface area contributed by atoms with E-state index in [2.05, 4.69) is 6.58 Å². The van der Waals surface area contributed by atoms with Crippen molar-refractivity contribution in [1.82, 2.24) is 0 Å². The maximum Gasteiger partial charge on any atom is 0.139 e. The van der Waals surface area contributed by atoms with Gasteiger partial charge in [-0.05, 0) is 31.6 Å². The average molecular weight is 150 g/mol. The number of fused-ring (bicyclic) bond motifs is 2. The molecular weight excluding hydrogens is 136 g/mol. The van der Waals surface area contributed by atoms with Gasteiger partial charge >= 0.3 is 0 Å². The van der Waals surface area contributed by atoms with Crippen LogP contribution in [-0.2, 0) is 4.79 Å². The van der Waals surface area contributed by atoms with Crippen molar-refractivity contribution in [2.45, 2.75) is 25.7 Å². The molecule has 0 saturated heterocycles. The predicted molar refractivity (Wildman–Crippen MR) is 44.1 cm³/mol. The fourth-order valence-corrected chi connectivity index (χ4v) is 2.66. The Kier molecular flexibility index (Phi) is 1.59. The van der Waals surface area contributed by atoms with Gasteiger partial charge in [-0.2, -0.15) is 0 Å². The fraction of sp³-hybridized carbons (Fsp3) is 0.700. The Hall–Kier alpha value is -0.590. The van der Waals surface area contributed by atoms with Crippen molar-refractivity contribution in [3.8, 4) is 0 Å². The quantitative estimate of drug-likeness (QED) is 0.551. The molecule has 3 atom stereocenters. The van der Waals surface area contributed by atoms with E-state index in [1.807, 2.05) is 6.08 Å². The van der Waals surface area contributed by atoms with Gasteiger partial charge in [-0.15, -0.1) is 6.58 Å². The molecule has 2 aliphatic carbocycles. The zero-order chi connectivity index (χ0) is 7.84. The third-order valence-electron chi connectivity index (χ3n) is 3.23. The van der Waals surface area contributed by atoms with Gasteiger partial charge in [0.15, 0.2) is 0 Å². The molecule has 60 valence electrons. The van der Waals surface area contributed by atoms with E-state index in [1.54, 1.807) is 0 Å². The van der Waals surface area contributed by atoms with Crippen molar-refractivity contribution in [3.05, 3.63) is 12.7 Å². The third kappa shape index (κ3) is 0.943. The first-order chi connectivity index (χ1) is 5.33. The number of Topliss-reactive ketones (excluding diaryl/α,β-unsaturated/α-hetero) is 1. The molecule has 2 saturated carbocycles. The molecule has 1 heteroatoms. The van der Waals surface area contributed by atoms with Crippen LogP contribution in [0.25, 0.3) is 0 Å². The summed E-state index contributed by atoms with van der Waals surface area (Å²) < 4.78 is 0. The third-order valence-corrected chi connectivity index (χ3v) is 3.23. The smallest absolute Gasteiger partial charge is 0.139 e. The van der Waals surface area contributed by atoms with Crippen LogP contribution in [0.2, 0.25) is 0 Å². The molecule has 0 radical (unpaired) electrons. The van der Waals surface area contributed by atoms with Crippen molar-refractivity contribution >= 4 is 5.78 Å².